The van der Waals surface area contributed by atoms with Crippen LogP contribution in [0.4, 0.5) is 0 Å². The van der Waals surface area contributed by atoms with Crippen molar-refractivity contribution in [3.8, 4) is 0 Å². The minimum Gasteiger partial charge on any atom is -0.103 e. The van der Waals surface area contributed by atoms with Gasteiger partial charge in [0, 0.05) is 0 Å². The molecule has 15 fully saturated rings. The molecule has 0 radical (unpaired) electrons. The molecule has 15 saturated carbocycles. The SMILES string of the molecule is C=CC1(C)CC2CCCC3C(C)(CC)CCC(C1)C23C.CC(C)C1CCC2C(C)(C1)CC1C(C)(C)CCCC12C.CC(C)C1CCC2C3C4C(C)CCC4C3(C)CCC12C.CC1CC23CCC1CC2C1(C)CCCC(C)(C)C1CC3. The number of hydrogen-bond acceptors (Lipinski definition) is 0. The molecule has 25 atom stereocenters. The summed E-state index contributed by atoms with van der Waals surface area (Å²) >= 11 is 0. The summed E-state index contributed by atoms with van der Waals surface area (Å²) in [5.74, 6) is 18.2. The summed E-state index contributed by atoms with van der Waals surface area (Å²) in [6, 6.07) is 0. The molecule has 0 aromatic heterocycles. The standard InChI is InChI=1S/2C20H34.C20H36.C20H34/c1-14-13-20-10-6-15(14)12-17(20)19(4)9-5-8-18(2,3)16(19)7-11-20;1-12(2)14-8-9-16-18-17-13(3)6-7-15(17)20(18,5)11-10-19(14,16)4;1-14(2)15-8-9-16-19(5,12-15)13-17-18(3,4)10-7-11-20(16,17)6;1-6-18(3)13-15-9-8-10-17-19(4,7-2)12-11-16(14-18)20(15,17)5/h14-17H,5-13H2,1-4H3;12-18H,6-11H2,1-5H3;14-17H,7-13H2,1-6H3;6,15-17H,1,7-14H2,2-5H3. The van der Waals surface area contributed by atoms with Crippen molar-refractivity contribution >= 4 is 0 Å². The Balaban J connectivity index is 0.000000112. The quantitative estimate of drug-likeness (QED) is 0.246. The summed E-state index contributed by atoms with van der Waals surface area (Å²) in [5, 5.41) is 0. The van der Waals surface area contributed by atoms with Gasteiger partial charge in [-0.2, -0.15) is 0 Å². The first-order chi connectivity index (χ1) is 37.3. The summed E-state index contributed by atoms with van der Waals surface area (Å²) in [4.78, 5) is 0. The summed E-state index contributed by atoms with van der Waals surface area (Å²) in [5.41, 5.74) is 7.03. The summed E-state index contributed by atoms with van der Waals surface area (Å²) < 4.78 is 0. The van der Waals surface area contributed by atoms with E-state index >= 15 is 0 Å². The molecule has 0 heteroatoms. The van der Waals surface area contributed by atoms with Crippen LogP contribution >= 0.6 is 0 Å². The second kappa shape index (κ2) is 20.9. The average molecular weight is 1100 g/mol. The zero-order chi connectivity index (χ0) is 57.8. The molecule has 0 nitrogen and oxygen atoms in total. The lowest BCUT2D eigenvalue weighted by molar-refractivity contribution is -0.199. The molecule has 15 rings (SSSR count). The van der Waals surface area contributed by atoms with E-state index in [9.17, 15) is 0 Å². The smallest absolute Gasteiger partial charge is 0.0144 e. The Hall–Kier alpha value is -0.260. The average Bonchev–Trinajstić information content (AvgIpc) is 3.48. The minimum atomic E-state index is 0.413. The lowest BCUT2D eigenvalue weighted by atomic mass is 9.36. The molecule has 25 unspecified atom stereocenters. The first-order valence-electron chi connectivity index (χ1n) is 37.0. The van der Waals surface area contributed by atoms with Crippen LogP contribution in [-0.4, -0.2) is 0 Å². The second-order valence-corrected chi connectivity index (χ2v) is 39.0. The summed E-state index contributed by atoms with van der Waals surface area (Å²) in [6.45, 7) is 53.0. The van der Waals surface area contributed by atoms with Crippen LogP contribution in [0.2, 0.25) is 0 Å². The summed E-state index contributed by atoms with van der Waals surface area (Å²) in [7, 11) is 0. The van der Waals surface area contributed by atoms with Gasteiger partial charge in [-0.3, -0.25) is 0 Å². The predicted octanol–water partition coefficient (Wildman–Crippen LogP) is 24.3. The third kappa shape index (κ3) is 9.40. The maximum atomic E-state index is 4.17. The van der Waals surface area contributed by atoms with E-state index in [2.05, 4.69) is 144 Å². The van der Waals surface area contributed by atoms with Crippen molar-refractivity contribution in [1.29, 1.82) is 0 Å². The zero-order valence-electron chi connectivity index (χ0n) is 57.4. The van der Waals surface area contributed by atoms with Crippen LogP contribution in [0.5, 0.6) is 0 Å². The molecule has 0 aliphatic heterocycles. The van der Waals surface area contributed by atoms with Crippen LogP contribution in [0.25, 0.3) is 0 Å². The van der Waals surface area contributed by atoms with E-state index in [1.54, 1.807) is 51.4 Å². The zero-order valence-corrected chi connectivity index (χ0v) is 57.4. The second-order valence-electron chi connectivity index (χ2n) is 39.0. The van der Waals surface area contributed by atoms with Crippen LogP contribution in [-0.2, 0) is 0 Å². The van der Waals surface area contributed by atoms with Crippen LogP contribution in [0.1, 0.15) is 324 Å². The minimum absolute atomic E-state index is 0.413. The molecule has 0 aromatic carbocycles. The third-order valence-electron chi connectivity index (χ3n) is 34.1. The van der Waals surface area contributed by atoms with Crippen molar-refractivity contribution in [3.63, 3.8) is 0 Å². The van der Waals surface area contributed by atoms with Crippen molar-refractivity contribution in [1.82, 2.24) is 0 Å². The Kier molecular flexibility index (Phi) is 16.1. The summed E-state index contributed by atoms with van der Waals surface area (Å²) in [6.07, 6.45) is 47.5. The van der Waals surface area contributed by atoms with Gasteiger partial charge in [-0.1, -0.05) is 170 Å². The molecule has 0 aromatic rings. The van der Waals surface area contributed by atoms with E-state index in [0.29, 0.717) is 48.7 Å². The first-order valence-corrected chi connectivity index (χ1v) is 37.0. The fourth-order valence-corrected chi connectivity index (χ4v) is 29.8. The van der Waals surface area contributed by atoms with Crippen molar-refractivity contribution in [3.05, 3.63) is 12.7 Å². The molecule has 2 bridgehead atoms. The maximum absolute atomic E-state index is 4.17. The first kappa shape index (κ1) is 61.4. The molecule has 15 aliphatic carbocycles. The maximum Gasteiger partial charge on any atom is -0.0144 e. The van der Waals surface area contributed by atoms with E-state index in [-0.39, 0.29) is 0 Å². The van der Waals surface area contributed by atoms with Crippen LogP contribution < -0.4 is 0 Å². The highest BCUT2D eigenvalue weighted by molar-refractivity contribution is 5.20. The highest BCUT2D eigenvalue weighted by atomic mass is 14.8. The van der Waals surface area contributed by atoms with Gasteiger partial charge in [0.15, 0.2) is 0 Å². The Bertz CT molecular complexity index is 2190. The number of hydrogen-bond donors (Lipinski definition) is 0. The van der Waals surface area contributed by atoms with Crippen molar-refractivity contribution in [2.45, 2.75) is 324 Å². The van der Waals surface area contributed by atoms with Gasteiger partial charge in [0.1, 0.15) is 0 Å². The molecular weight excluding hydrogens is 961 g/mol. The Labute approximate surface area is 500 Å². The fourth-order valence-electron chi connectivity index (χ4n) is 29.8. The van der Waals surface area contributed by atoms with E-state index in [1.165, 1.54) is 141 Å². The van der Waals surface area contributed by atoms with E-state index in [0.717, 1.165) is 117 Å². The van der Waals surface area contributed by atoms with Gasteiger partial charge >= 0.3 is 0 Å². The fraction of sp³-hybridized carbons (Fsp3) is 0.975. The van der Waals surface area contributed by atoms with Crippen LogP contribution in [0.3, 0.4) is 0 Å². The molecule has 0 heterocycles. The van der Waals surface area contributed by atoms with Gasteiger partial charge in [-0.15, -0.1) is 6.58 Å². The number of allylic oxidation sites excluding steroid dienone is 1. The molecule has 0 N–H and O–H groups in total. The van der Waals surface area contributed by atoms with Gasteiger partial charge in [-0.25, -0.2) is 0 Å². The molecule has 0 saturated heterocycles. The molecule has 80 heavy (non-hydrogen) atoms. The predicted molar refractivity (Wildman–Crippen MR) is 346 cm³/mol. The van der Waals surface area contributed by atoms with Crippen LogP contribution in [0, 0.1) is 166 Å². The van der Waals surface area contributed by atoms with Crippen molar-refractivity contribution in [2.24, 2.45) is 166 Å². The number of rotatable bonds is 4. The normalized spacial score (nSPS) is 56.0. The Morgan fingerprint density at radius 3 is 1.73 bits per heavy atom. The van der Waals surface area contributed by atoms with Gasteiger partial charge in [-0.05, 0) is 327 Å². The van der Waals surface area contributed by atoms with E-state index in [4.69, 9.17) is 0 Å². The number of fused-ring (bicyclic) bond motifs is 12. The van der Waals surface area contributed by atoms with Gasteiger partial charge in [0.2, 0.25) is 0 Å². The van der Waals surface area contributed by atoms with Gasteiger partial charge in [0.05, 0.1) is 0 Å². The topological polar surface area (TPSA) is 0 Å². The highest BCUT2D eigenvalue weighted by Crippen LogP contribution is 2.78. The van der Waals surface area contributed by atoms with Crippen molar-refractivity contribution < 1.29 is 0 Å². The Morgan fingerprint density at radius 2 is 1.09 bits per heavy atom. The lowest BCUT2D eigenvalue weighted by Crippen LogP contribution is -2.62. The van der Waals surface area contributed by atoms with Gasteiger partial charge < -0.3 is 0 Å². The van der Waals surface area contributed by atoms with E-state index in [1.807, 2.05) is 0 Å². The lowest BCUT2D eigenvalue weighted by Gasteiger charge is -2.68. The third-order valence-corrected chi connectivity index (χ3v) is 34.1. The highest BCUT2D eigenvalue weighted by Gasteiger charge is 2.71. The molecular formula is C80H138. The monoisotopic (exact) mass is 1100 g/mol. The molecule has 0 amide bonds. The molecule has 1 spiro atoms. The Morgan fingerprint density at radius 1 is 0.463 bits per heavy atom. The van der Waals surface area contributed by atoms with Crippen molar-refractivity contribution in [2.75, 3.05) is 0 Å². The molecule has 458 valence electrons. The van der Waals surface area contributed by atoms with E-state index < -0.39 is 0 Å². The largest absolute Gasteiger partial charge is 0.103 e. The van der Waals surface area contributed by atoms with Crippen LogP contribution in [0.15, 0.2) is 12.7 Å². The molecule has 15 aliphatic rings. The van der Waals surface area contributed by atoms with Gasteiger partial charge in [0.25, 0.3) is 0 Å².